The van der Waals surface area contributed by atoms with Crippen LogP contribution in [-0.2, 0) is 0 Å². The molecule has 0 saturated carbocycles. The minimum Gasteiger partial charge on any atom is -0.106 e. The van der Waals surface area contributed by atoms with E-state index in [9.17, 15) is 0 Å². The molecule has 0 amide bonds. The molecule has 0 N–H and O–H groups in total. The second kappa shape index (κ2) is 22.4. The normalized spacial score (nSPS) is 7.83. The zero-order valence-electron chi connectivity index (χ0n) is 9.82. The largest absolute Gasteiger partial charge is 0.106 e. The minimum absolute atomic E-state index is 0.833. The van der Waals surface area contributed by atoms with E-state index in [0.717, 1.165) is 5.92 Å². The van der Waals surface area contributed by atoms with Gasteiger partial charge in [-0.3, -0.25) is 0 Å². The van der Waals surface area contributed by atoms with Gasteiger partial charge in [0.05, 0.1) is 0 Å². The van der Waals surface area contributed by atoms with Crippen LogP contribution < -0.4 is 0 Å². The Kier molecular flexibility index (Phi) is 33.1. The van der Waals surface area contributed by atoms with Gasteiger partial charge in [0.2, 0.25) is 0 Å². The van der Waals surface area contributed by atoms with Crippen LogP contribution in [-0.4, -0.2) is 0 Å². The molecule has 0 unspecified atom stereocenters. The first-order valence-corrected chi connectivity index (χ1v) is 5.15. The Balaban J connectivity index is -0.000000118. The van der Waals surface area contributed by atoms with Crippen molar-refractivity contribution in [3.05, 3.63) is 13.2 Å². The number of hydrogen-bond donors (Lipinski definition) is 0. The fourth-order valence-electron chi connectivity index (χ4n) is 0.500. The van der Waals surface area contributed by atoms with Gasteiger partial charge in [0, 0.05) is 0 Å². The molecular formula is C12H28. The summed E-state index contributed by atoms with van der Waals surface area (Å²) in [5.74, 6) is 0.833. The van der Waals surface area contributed by atoms with Crippen molar-refractivity contribution in [2.24, 2.45) is 5.92 Å². The number of unbranched alkanes of at least 4 members (excludes halogenated alkanes) is 3. The van der Waals surface area contributed by atoms with Gasteiger partial charge in [-0.1, -0.05) is 60.3 Å². The van der Waals surface area contributed by atoms with Crippen LogP contribution in [0.15, 0.2) is 13.2 Å². The fraction of sp³-hybridized carbons (Fsp3) is 0.833. The lowest BCUT2D eigenvalue weighted by Crippen LogP contribution is -1.66. The van der Waals surface area contributed by atoms with E-state index in [4.69, 9.17) is 0 Å². The molecule has 0 radical (unpaired) electrons. The van der Waals surface area contributed by atoms with Gasteiger partial charge in [-0.15, -0.1) is 13.2 Å². The third kappa shape index (κ3) is 99.1. The minimum atomic E-state index is 0.833. The summed E-state index contributed by atoms with van der Waals surface area (Å²) < 4.78 is 0. The van der Waals surface area contributed by atoms with Crippen molar-refractivity contribution in [3.8, 4) is 0 Å². The molecule has 0 nitrogen and oxygen atoms in total. The zero-order valence-corrected chi connectivity index (χ0v) is 9.82. The van der Waals surface area contributed by atoms with Crippen molar-refractivity contribution in [3.63, 3.8) is 0 Å². The van der Waals surface area contributed by atoms with Crippen LogP contribution in [0.4, 0.5) is 0 Å². The Morgan fingerprint density at radius 2 is 1.00 bits per heavy atom. The lowest BCUT2D eigenvalue weighted by Gasteiger charge is -1.86. The van der Waals surface area contributed by atoms with E-state index >= 15 is 0 Å². The maximum atomic E-state index is 3.00. The van der Waals surface area contributed by atoms with Gasteiger partial charge >= 0.3 is 0 Å². The number of hydrogen-bond acceptors (Lipinski definition) is 0. The SMILES string of the molecule is C=C.CC(C)C.CCCCCC. The lowest BCUT2D eigenvalue weighted by atomic mass is 10.2. The van der Waals surface area contributed by atoms with E-state index in [1.165, 1.54) is 25.7 Å². The lowest BCUT2D eigenvalue weighted by molar-refractivity contribution is 0.702. The van der Waals surface area contributed by atoms with E-state index in [1.807, 2.05) is 0 Å². The van der Waals surface area contributed by atoms with Gasteiger partial charge in [0.1, 0.15) is 0 Å². The summed E-state index contributed by atoms with van der Waals surface area (Å²) in [4.78, 5) is 0. The molecule has 12 heavy (non-hydrogen) atoms. The molecule has 76 valence electrons. The Hall–Kier alpha value is -0.260. The van der Waals surface area contributed by atoms with Gasteiger partial charge in [-0.2, -0.15) is 0 Å². The molecule has 0 rings (SSSR count). The first-order valence-electron chi connectivity index (χ1n) is 5.15. The van der Waals surface area contributed by atoms with E-state index in [-0.39, 0.29) is 0 Å². The Bertz CT molecular complexity index is 39.2. The first-order chi connectivity index (χ1) is 5.65. The maximum absolute atomic E-state index is 3.00. The monoisotopic (exact) mass is 172 g/mol. The summed E-state index contributed by atoms with van der Waals surface area (Å²) in [5, 5.41) is 0. The molecule has 0 aromatic heterocycles. The van der Waals surface area contributed by atoms with Crippen molar-refractivity contribution < 1.29 is 0 Å². The van der Waals surface area contributed by atoms with Crippen LogP contribution in [0.5, 0.6) is 0 Å². The molecule has 0 spiro atoms. The van der Waals surface area contributed by atoms with Gasteiger partial charge in [0.15, 0.2) is 0 Å². The van der Waals surface area contributed by atoms with Crippen molar-refractivity contribution in [1.29, 1.82) is 0 Å². The Morgan fingerprint density at radius 3 is 1.08 bits per heavy atom. The van der Waals surface area contributed by atoms with E-state index in [2.05, 4.69) is 47.8 Å². The summed E-state index contributed by atoms with van der Waals surface area (Å²) in [7, 11) is 0. The van der Waals surface area contributed by atoms with Gasteiger partial charge in [-0.25, -0.2) is 0 Å². The molecule has 0 heteroatoms. The topological polar surface area (TPSA) is 0 Å². The van der Waals surface area contributed by atoms with Gasteiger partial charge < -0.3 is 0 Å². The van der Waals surface area contributed by atoms with E-state index in [1.54, 1.807) is 0 Å². The molecule has 0 aromatic rings. The molecule has 0 heterocycles. The van der Waals surface area contributed by atoms with Crippen molar-refractivity contribution >= 4 is 0 Å². The predicted octanol–water partition coefficient (Wildman–Crippen LogP) is 5.05. The van der Waals surface area contributed by atoms with Crippen LogP contribution in [0.25, 0.3) is 0 Å². The second-order valence-electron chi connectivity index (χ2n) is 3.44. The Morgan fingerprint density at radius 1 is 0.833 bits per heavy atom. The zero-order chi connectivity index (χ0) is 10.4. The molecule has 0 aliphatic carbocycles. The van der Waals surface area contributed by atoms with Gasteiger partial charge in [-0.05, 0) is 5.92 Å². The highest BCUT2D eigenvalue weighted by atomic mass is 13.8. The van der Waals surface area contributed by atoms with E-state index < -0.39 is 0 Å². The molecule has 0 bridgehead atoms. The van der Waals surface area contributed by atoms with Crippen molar-refractivity contribution in [2.45, 2.75) is 60.3 Å². The smallest absolute Gasteiger partial charge is 0.0500 e. The average molecular weight is 172 g/mol. The van der Waals surface area contributed by atoms with Crippen LogP contribution >= 0.6 is 0 Å². The average Bonchev–Trinajstić information content (AvgIpc) is 2.04. The van der Waals surface area contributed by atoms with E-state index in [0.29, 0.717) is 0 Å². The second-order valence-corrected chi connectivity index (χ2v) is 3.44. The summed E-state index contributed by atoms with van der Waals surface area (Å²) in [5.41, 5.74) is 0. The van der Waals surface area contributed by atoms with Crippen molar-refractivity contribution in [2.75, 3.05) is 0 Å². The van der Waals surface area contributed by atoms with Gasteiger partial charge in [0.25, 0.3) is 0 Å². The molecule has 0 aliphatic rings. The third-order valence-electron chi connectivity index (χ3n) is 0.957. The molecule has 0 aliphatic heterocycles. The van der Waals surface area contributed by atoms with Crippen LogP contribution in [0.1, 0.15) is 60.3 Å². The molecule has 0 atom stereocenters. The standard InChI is InChI=1S/C6H14.C4H10.C2H4/c1-3-5-6-4-2;1-4(2)3;1-2/h3-6H2,1-2H3;4H,1-3H3;1-2H2. The summed E-state index contributed by atoms with van der Waals surface area (Å²) in [6.07, 6.45) is 5.54. The molecule has 0 saturated heterocycles. The quantitative estimate of drug-likeness (QED) is 0.413. The summed E-state index contributed by atoms with van der Waals surface area (Å²) >= 11 is 0. The maximum Gasteiger partial charge on any atom is -0.0500 e. The highest BCUT2D eigenvalue weighted by molar-refractivity contribution is 4.31. The summed E-state index contributed by atoms with van der Waals surface area (Å²) in [6, 6.07) is 0. The predicted molar refractivity (Wildman–Crippen MR) is 61.6 cm³/mol. The van der Waals surface area contributed by atoms with Crippen molar-refractivity contribution in [1.82, 2.24) is 0 Å². The molecular weight excluding hydrogens is 144 g/mol. The number of rotatable bonds is 3. The van der Waals surface area contributed by atoms with Crippen LogP contribution in [0.3, 0.4) is 0 Å². The molecule has 0 aromatic carbocycles. The molecule has 0 fully saturated rings. The third-order valence-corrected chi connectivity index (χ3v) is 0.957. The summed E-state index contributed by atoms with van der Waals surface area (Å²) in [6.45, 7) is 17.0. The first kappa shape index (κ1) is 17.7. The highest BCUT2D eigenvalue weighted by Gasteiger charge is 1.75. The Labute approximate surface area is 80.1 Å². The highest BCUT2D eigenvalue weighted by Crippen LogP contribution is 1.95. The fourth-order valence-corrected chi connectivity index (χ4v) is 0.500. The van der Waals surface area contributed by atoms with Crippen LogP contribution in [0, 0.1) is 5.92 Å². The van der Waals surface area contributed by atoms with Crippen LogP contribution in [0.2, 0.25) is 0 Å².